The van der Waals surface area contributed by atoms with Crippen LogP contribution in [0.3, 0.4) is 0 Å². The predicted molar refractivity (Wildman–Crippen MR) is 87.4 cm³/mol. The number of benzene rings is 1. The van der Waals surface area contributed by atoms with E-state index in [1.165, 1.54) is 12.0 Å². The number of amides is 1. The van der Waals surface area contributed by atoms with E-state index in [4.69, 9.17) is 5.73 Å². The molecule has 0 spiro atoms. The summed E-state index contributed by atoms with van der Waals surface area (Å²) in [6, 6.07) is 6.29. The van der Waals surface area contributed by atoms with Crippen LogP contribution in [-0.2, 0) is 4.79 Å². The second-order valence-electron chi connectivity index (χ2n) is 6.36. The van der Waals surface area contributed by atoms with Gasteiger partial charge in [-0.05, 0) is 57.7 Å². The van der Waals surface area contributed by atoms with Crippen molar-refractivity contribution in [1.29, 1.82) is 0 Å². The second-order valence-corrected chi connectivity index (χ2v) is 6.36. The maximum absolute atomic E-state index is 12.2. The van der Waals surface area contributed by atoms with Gasteiger partial charge in [0.25, 0.3) is 0 Å². The third kappa shape index (κ3) is 4.55. The summed E-state index contributed by atoms with van der Waals surface area (Å²) in [6.07, 6.45) is 2.30. The van der Waals surface area contributed by atoms with E-state index in [0.717, 1.165) is 30.8 Å². The molecule has 1 aliphatic heterocycles. The van der Waals surface area contributed by atoms with E-state index >= 15 is 0 Å². The van der Waals surface area contributed by atoms with E-state index in [9.17, 15) is 4.79 Å². The molecule has 1 aliphatic rings. The van der Waals surface area contributed by atoms with Crippen molar-refractivity contribution in [2.45, 2.75) is 39.7 Å². The third-order valence-electron chi connectivity index (χ3n) is 4.31. The Hall–Kier alpha value is -1.39. The smallest absolute Gasteiger partial charge is 0.238 e. The molecule has 0 aromatic heterocycles. The SMILES string of the molecule is Cc1ccc(NC(=O)CN2CCCC(C(C)N)C2)c(C)c1. The monoisotopic (exact) mass is 289 g/mol. The zero-order valence-electron chi connectivity index (χ0n) is 13.4. The minimum Gasteiger partial charge on any atom is -0.328 e. The predicted octanol–water partition coefficient (Wildman–Crippen LogP) is 2.30. The summed E-state index contributed by atoms with van der Waals surface area (Å²) in [6.45, 7) is 8.51. The van der Waals surface area contributed by atoms with Gasteiger partial charge in [-0.15, -0.1) is 0 Å². The number of piperidine rings is 1. The van der Waals surface area contributed by atoms with Crippen molar-refractivity contribution in [3.63, 3.8) is 0 Å². The molecule has 1 amide bonds. The average Bonchev–Trinajstić information content (AvgIpc) is 2.42. The molecule has 0 radical (unpaired) electrons. The van der Waals surface area contributed by atoms with Crippen LogP contribution in [0, 0.1) is 19.8 Å². The highest BCUT2D eigenvalue weighted by atomic mass is 16.2. The van der Waals surface area contributed by atoms with Crippen molar-refractivity contribution in [3.8, 4) is 0 Å². The first-order valence-electron chi connectivity index (χ1n) is 7.80. The first-order chi connectivity index (χ1) is 9.95. The molecule has 2 rings (SSSR count). The molecule has 3 N–H and O–H groups in total. The van der Waals surface area contributed by atoms with Crippen molar-refractivity contribution in [2.24, 2.45) is 11.7 Å². The van der Waals surface area contributed by atoms with Crippen LogP contribution in [0.15, 0.2) is 18.2 Å². The molecule has 1 fully saturated rings. The molecule has 0 bridgehead atoms. The number of carbonyl (C=O) groups excluding carboxylic acids is 1. The summed E-state index contributed by atoms with van der Waals surface area (Å²) in [5.41, 5.74) is 9.22. The fourth-order valence-electron chi connectivity index (χ4n) is 3.01. The largest absolute Gasteiger partial charge is 0.328 e. The van der Waals surface area contributed by atoms with Crippen LogP contribution in [0.1, 0.15) is 30.9 Å². The summed E-state index contributed by atoms with van der Waals surface area (Å²) >= 11 is 0. The van der Waals surface area contributed by atoms with Gasteiger partial charge >= 0.3 is 0 Å². The van der Waals surface area contributed by atoms with Crippen molar-refractivity contribution in [2.75, 3.05) is 25.0 Å². The summed E-state index contributed by atoms with van der Waals surface area (Å²) in [4.78, 5) is 14.4. The van der Waals surface area contributed by atoms with E-state index < -0.39 is 0 Å². The first-order valence-corrected chi connectivity index (χ1v) is 7.80. The fourth-order valence-corrected chi connectivity index (χ4v) is 3.01. The molecular weight excluding hydrogens is 262 g/mol. The van der Waals surface area contributed by atoms with Crippen LogP contribution in [-0.4, -0.2) is 36.5 Å². The number of hydrogen-bond donors (Lipinski definition) is 2. The molecule has 1 aromatic carbocycles. The van der Waals surface area contributed by atoms with Crippen LogP contribution >= 0.6 is 0 Å². The Labute approximate surface area is 127 Å². The van der Waals surface area contributed by atoms with Crippen LogP contribution in [0.5, 0.6) is 0 Å². The van der Waals surface area contributed by atoms with Crippen molar-refractivity contribution < 1.29 is 4.79 Å². The second kappa shape index (κ2) is 7.05. The quantitative estimate of drug-likeness (QED) is 0.894. The molecule has 21 heavy (non-hydrogen) atoms. The fraction of sp³-hybridized carbons (Fsp3) is 0.588. The number of aryl methyl sites for hydroxylation is 2. The molecule has 4 heteroatoms. The van der Waals surface area contributed by atoms with Gasteiger partial charge in [0.05, 0.1) is 6.54 Å². The molecular formula is C17H27N3O. The Morgan fingerprint density at radius 2 is 2.24 bits per heavy atom. The number of nitrogens with two attached hydrogens (primary N) is 1. The highest BCUT2D eigenvalue weighted by Crippen LogP contribution is 2.19. The lowest BCUT2D eigenvalue weighted by molar-refractivity contribution is -0.117. The summed E-state index contributed by atoms with van der Waals surface area (Å²) < 4.78 is 0. The summed E-state index contributed by atoms with van der Waals surface area (Å²) in [5.74, 6) is 0.569. The minimum atomic E-state index is 0.0623. The van der Waals surface area contributed by atoms with Gasteiger partial charge < -0.3 is 11.1 Å². The van der Waals surface area contributed by atoms with Gasteiger partial charge in [-0.2, -0.15) is 0 Å². The lowest BCUT2D eigenvalue weighted by atomic mass is 9.92. The van der Waals surface area contributed by atoms with E-state index in [1.54, 1.807) is 0 Å². The average molecular weight is 289 g/mol. The van der Waals surface area contributed by atoms with Crippen molar-refractivity contribution >= 4 is 11.6 Å². The van der Waals surface area contributed by atoms with E-state index in [-0.39, 0.29) is 11.9 Å². The van der Waals surface area contributed by atoms with E-state index in [2.05, 4.69) is 30.1 Å². The lowest BCUT2D eigenvalue weighted by Crippen LogP contribution is -2.45. The lowest BCUT2D eigenvalue weighted by Gasteiger charge is -2.34. The molecule has 116 valence electrons. The van der Waals surface area contributed by atoms with Crippen LogP contribution in [0.25, 0.3) is 0 Å². The van der Waals surface area contributed by atoms with Crippen LogP contribution in [0.4, 0.5) is 5.69 Å². The third-order valence-corrected chi connectivity index (χ3v) is 4.31. The molecule has 1 heterocycles. The highest BCUT2D eigenvalue weighted by Gasteiger charge is 2.23. The van der Waals surface area contributed by atoms with Crippen LogP contribution in [0.2, 0.25) is 0 Å². The Balaban J connectivity index is 1.89. The Kier molecular flexibility index (Phi) is 5.37. The van der Waals surface area contributed by atoms with Crippen molar-refractivity contribution in [3.05, 3.63) is 29.3 Å². The number of nitrogens with zero attached hydrogens (tertiary/aromatic N) is 1. The van der Waals surface area contributed by atoms with Gasteiger partial charge in [0.1, 0.15) is 0 Å². The normalized spacial score (nSPS) is 21.0. The summed E-state index contributed by atoms with van der Waals surface area (Å²) in [5, 5.41) is 3.02. The molecule has 0 saturated carbocycles. The minimum absolute atomic E-state index is 0.0623. The number of hydrogen-bond acceptors (Lipinski definition) is 3. The number of nitrogens with one attached hydrogen (secondary N) is 1. The number of likely N-dealkylation sites (tertiary alicyclic amines) is 1. The van der Waals surface area contributed by atoms with Gasteiger partial charge in [-0.1, -0.05) is 17.7 Å². The topological polar surface area (TPSA) is 58.4 Å². The van der Waals surface area contributed by atoms with Gasteiger partial charge in [0.2, 0.25) is 5.91 Å². The van der Waals surface area contributed by atoms with Crippen LogP contribution < -0.4 is 11.1 Å². The van der Waals surface area contributed by atoms with E-state index in [0.29, 0.717) is 12.5 Å². The maximum atomic E-state index is 12.2. The zero-order valence-corrected chi connectivity index (χ0v) is 13.4. The number of rotatable bonds is 4. The number of carbonyl (C=O) groups is 1. The van der Waals surface area contributed by atoms with Crippen molar-refractivity contribution in [1.82, 2.24) is 4.90 Å². The summed E-state index contributed by atoms with van der Waals surface area (Å²) in [7, 11) is 0. The number of anilines is 1. The van der Waals surface area contributed by atoms with Gasteiger partial charge in [0.15, 0.2) is 0 Å². The van der Waals surface area contributed by atoms with Gasteiger partial charge in [-0.3, -0.25) is 9.69 Å². The molecule has 2 unspecified atom stereocenters. The Bertz CT molecular complexity index is 499. The highest BCUT2D eigenvalue weighted by molar-refractivity contribution is 5.93. The Morgan fingerprint density at radius 1 is 1.48 bits per heavy atom. The molecule has 4 nitrogen and oxygen atoms in total. The van der Waals surface area contributed by atoms with Gasteiger partial charge in [-0.25, -0.2) is 0 Å². The van der Waals surface area contributed by atoms with Gasteiger partial charge in [0, 0.05) is 18.3 Å². The first kappa shape index (κ1) is 16.0. The molecule has 2 atom stereocenters. The molecule has 0 aliphatic carbocycles. The molecule has 1 saturated heterocycles. The standard InChI is InChI=1S/C17H27N3O/c1-12-6-7-16(13(2)9-12)19-17(21)11-20-8-4-5-15(10-20)14(3)18/h6-7,9,14-15H,4-5,8,10-11,18H2,1-3H3,(H,19,21). The molecule has 1 aromatic rings. The van der Waals surface area contributed by atoms with E-state index in [1.807, 2.05) is 19.1 Å². The zero-order chi connectivity index (χ0) is 15.4. The maximum Gasteiger partial charge on any atom is 0.238 e. The Morgan fingerprint density at radius 3 is 2.90 bits per heavy atom.